The normalized spacial score (nSPS) is 27.8. The molecule has 1 aromatic rings. The summed E-state index contributed by atoms with van der Waals surface area (Å²) in [5.74, 6) is 0.529. The van der Waals surface area contributed by atoms with E-state index in [0.717, 1.165) is 11.3 Å². The highest BCUT2D eigenvalue weighted by atomic mass is 16.7. The molecule has 8 nitrogen and oxygen atoms in total. The van der Waals surface area contributed by atoms with Gasteiger partial charge in [-0.2, -0.15) is 0 Å². The van der Waals surface area contributed by atoms with Gasteiger partial charge >= 0.3 is 6.03 Å². The molecular formula is C20H25N3O5. The van der Waals surface area contributed by atoms with Gasteiger partial charge in [-0.25, -0.2) is 4.79 Å². The summed E-state index contributed by atoms with van der Waals surface area (Å²) in [4.78, 5) is 39.2. The third-order valence-corrected chi connectivity index (χ3v) is 5.60. The number of anilines is 1. The first-order chi connectivity index (χ1) is 13.2. The van der Waals surface area contributed by atoms with Crippen LogP contribution >= 0.6 is 0 Å². The van der Waals surface area contributed by atoms with Crippen LogP contribution in [0.1, 0.15) is 40.0 Å². The van der Waals surface area contributed by atoms with Crippen LogP contribution in [0.2, 0.25) is 0 Å². The molecule has 1 saturated carbocycles. The molecule has 3 aliphatic rings. The quantitative estimate of drug-likeness (QED) is 0.777. The van der Waals surface area contributed by atoms with Gasteiger partial charge in [-0.3, -0.25) is 14.5 Å². The Hall–Kier alpha value is -2.77. The summed E-state index contributed by atoms with van der Waals surface area (Å²) in [5.41, 5.74) is -0.515. The van der Waals surface area contributed by atoms with E-state index in [2.05, 4.69) is 31.4 Å². The van der Waals surface area contributed by atoms with Crippen LogP contribution in [0.25, 0.3) is 0 Å². The Balaban J connectivity index is 1.48. The van der Waals surface area contributed by atoms with E-state index in [1.165, 1.54) is 0 Å². The summed E-state index contributed by atoms with van der Waals surface area (Å²) in [7, 11) is 0. The number of ether oxygens (including phenoxy) is 2. The molecule has 1 saturated heterocycles. The molecule has 0 bridgehead atoms. The summed E-state index contributed by atoms with van der Waals surface area (Å²) >= 11 is 0. The van der Waals surface area contributed by atoms with Crippen LogP contribution in [0.3, 0.4) is 0 Å². The zero-order valence-corrected chi connectivity index (χ0v) is 16.3. The number of nitrogens with zero attached hydrogens (tertiary/aromatic N) is 1. The Bertz CT molecular complexity index is 852. The lowest BCUT2D eigenvalue weighted by Gasteiger charge is -2.43. The number of nitrogens with one attached hydrogen (secondary N) is 2. The standard InChI is InChI=1S/C20H25N3O5/c1-12-7-19(2,3)10-20(8-12)17(25)23(18(26)22-20)9-15(24)21-13-5-4-6-14-16(13)28-11-27-14/h4-6,12H,7-11H2,1-3H3,(H,21,24)(H,22,26)/t12-,20+/m0/s1. The van der Waals surface area contributed by atoms with E-state index >= 15 is 0 Å². The summed E-state index contributed by atoms with van der Waals surface area (Å²) in [6.45, 7) is 6.06. The molecule has 2 N–H and O–H groups in total. The van der Waals surface area contributed by atoms with Crippen LogP contribution in [-0.2, 0) is 9.59 Å². The lowest BCUT2D eigenvalue weighted by Crippen LogP contribution is -2.54. The van der Waals surface area contributed by atoms with Gasteiger partial charge < -0.3 is 20.1 Å². The Kier molecular flexibility index (Phi) is 4.24. The molecule has 150 valence electrons. The fourth-order valence-corrected chi connectivity index (χ4v) is 5.01. The van der Waals surface area contributed by atoms with Gasteiger partial charge in [0.05, 0.1) is 5.69 Å². The van der Waals surface area contributed by atoms with Gasteiger partial charge in [0.15, 0.2) is 11.5 Å². The number of hydrogen-bond acceptors (Lipinski definition) is 5. The van der Waals surface area contributed by atoms with Gasteiger partial charge in [0.25, 0.3) is 5.91 Å². The summed E-state index contributed by atoms with van der Waals surface area (Å²) in [6, 6.07) is 4.65. The Labute approximate surface area is 163 Å². The van der Waals surface area contributed by atoms with E-state index in [9.17, 15) is 14.4 Å². The van der Waals surface area contributed by atoms with E-state index in [1.807, 2.05) is 0 Å². The van der Waals surface area contributed by atoms with Crippen molar-refractivity contribution >= 4 is 23.5 Å². The zero-order valence-electron chi connectivity index (χ0n) is 16.3. The molecule has 2 atom stereocenters. The van der Waals surface area contributed by atoms with Crippen LogP contribution in [0, 0.1) is 11.3 Å². The average molecular weight is 387 g/mol. The topological polar surface area (TPSA) is 97.0 Å². The minimum absolute atomic E-state index is 0.0548. The molecule has 1 aliphatic carbocycles. The monoisotopic (exact) mass is 387 g/mol. The fourth-order valence-electron chi connectivity index (χ4n) is 5.01. The third-order valence-electron chi connectivity index (χ3n) is 5.60. The number of amides is 4. The number of urea groups is 1. The number of hydrogen-bond donors (Lipinski definition) is 2. The predicted molar refractivity (Wildman–Crippen MR) is 101 cm³/mol. The first-order valence-electron chi connectivity index (χ1n) is 9.52. The molecule has 2 aliphatic heterocycles. The van der Waals surface area contributed by atoms with Crippen molar-refractivity contribution in [3.8, 4) is 11.5 Å². The summed E-state index contributed by atoms with van der Waals surface area (Å²) < 4.78 is 10.7. The SMILES string of the molecule is C[C@H]1CC(C)(C)C[C@@]2(C1)NC(=O)N(CC(=O)Nc1cccc3c1OCO3)C2=O. The average Bonchev–Trinajstić information content (AvgIpc) is 3.13. The molecule has 0 radical (unpaired) electrons. The molecular weight excluding hydrogens is 362 g/mol. The van der Waals surface area contributed by atoms with Gasteiger partial charge in [-0.05, 0) is 42.7 Å². The first kappa shape index (κ1) is 18.6. The Morgan fingerprint density at radius 3 is 2.82 bits per heavy atom. The van der Waals surface area contributed by atoms with E-state index in [4.69, 9.17) is 9.47 Å². The van der Waals surface area contributed by atoms with E-state index in [0.29, 0.717) is 35.9 Å². The second-order valence-corrected chi connectivity index (χ2v) is 8.85. The molecule has 28 heavy (non-hydrogen) atoms. The molecule has 8 heteroatoms. The molecule has 0 aromatic heterocycles. The number of fused-ring (bicyclic) bond motifs is 1. The number of para-hydroxylation sites is 1. The van der Waals surface area contributed by atoms with Crippen molar-refractivity contribution in [2.75, 3.05) is 18.7 Å². The van der Waals surface area contributed by atoms with Crippen LogP contribution in [0.15, 0.2) is 18.2 Å². The molecule has 0 unspecified atom stereocenters. The highest BCUT2D eigenvalue weighted by molar-refractivity contribution is 6.10. The molecule has 4 rings (SSSR count). The number of carbonyl (C=O) groups is 3. The van der Waals surface area contributed by atoms with E-state index in [1.54, 1.807) is 18.2 Å². The molecule has 1 aromatic carbocycles. The zero-order chi connectivity index (χ0) is 20.1. The predicted octanol–water partition coefficient (Wildman–Crippen LogP) is 2.49. The van der Waals surface area contributed by atoms with Crippen LogP contribution in [-0.4, -0.2) is 41.6 Å². The molecule has 2 heterocycles. The van der Waals surface area contributed by atoms with Gasteiger partial charge in [0.2, 0.25) is 12.7 Å². The van der Waals surface area contributed by atoms with Crippen molar-refractivity contribution in [2.45, 2.75) is 45.6 Å². The van der Waals surface area contributed by atoms with Crippen LogP contribution in [0.4, 0.5) is 10.5 Å². The molecule has 1 spiro atoms. The van der Waals surface area contributed by atoms with E-state index in [-0.39, 0.29) is 24.7 Å². The first-order valence-corrected chi connectivity index (χ1v) is 9.52. The van der Waals surface area contributed by atoms with Gasteiger partial charge in [0.1, 0.15) is 12.1 Å². The maximum Gasteiger partial charge on any atom is 0.325 e. The lowest BCUT2D eigenvalue weighted by atomic mass is 9.64. The number of carbonyl (C=O) groups excluding carboxylic acids is 3. The second kappa shape index (κ2) is 6.39. The van der Waals surface area contributed by atoms with Crippen molar-refractivity contribution < 1.29 is 23.9 Å². The molecule has 4 amide bonds. The maximum absolute atomic E-state index is 13.1. The maximum atomic E-state index is 13.1. The van der Waals surface area contributed by atoms with Gasteiger partial charge in [0, 0.05) is 0 Å². The number of rotatable bonds is 3. The lowest BCUT2D eigenvalue weighted by molar-refractivity contribution is -0.136. The highest BCUT2D eigenvalue weighted by Crippen LogP contribution is 2.46. The Morgan fingerprint density at radius 2 is 2.07 bits per heavy atom. The number of imide groups is 1. The highest BCUT2D eigenvalue weighted by Gasteiger charge is 2.56. The third kappa shape index (κ3) is 3.16. The van der Waals surface area contributed by atoms with Crippen molar-refractivity contribution in [1.29, 1.82) is 0 Å². The van der Waals surface area contributed by atoms with Crippen molar-refractivity contribution in [3.63, 3.8) is 0 Å². The van der Waals surface area contributed by atoms with Gasteiger partial charge in [-0.15, -0.1) is 0 Å². The minimum atomic E-state index is -0.913. The largest absolute Gasteiger partial charge is 0.454 e. The second-order valence-electron chi connectivity index (χ2n) is 8.85. The van der Waals surface area contributed by atoms with Gasteiger partial charge in [-0.1, -0.05) is 26.8 Å². The van der Waals surface area contributed by atoms with Crippen LogP contribution < -0.4 is 20.1 Å². The van der Waals surface area contributed by atoms with Crippen molar-refractivity contribution in [1.82, 2.24) is 10.2 Å². The fraction of sp³-hybridized carbons (Fsp3) is 0.550. The number of benzene rings is 1. The van der Waals surface area contributed by atoms with Crippen LogP contribution in [0.5, 0.6) is 11.5 Å². The van der Waals surface area contributed by atoms with E-state index < -0.39 is 17.5 Å². The minimum Gasteiger partial charge on any atom is -0.454 e. The van der Waals surface area contributed by atoms with Crippen molar-refractivity contribution in [3.05, 3.63) is 18.2 Å². The summed E-state index contributed by atoms with van der Waals surface area (Å²) in [5, 5.41) is 5.59. The van der Waals surface area contributed by atoms with Crippen molar-refractivity contribution in [2.24, 2.45) is 11.3 Å². The molecule has 2 fully saturated rings. The Morgan fingerprint density at radius 1 is 1.29 bits per heavy atom. The smallest absolute Gasteiger partial charge is 0.325 e. The summed E-state index contributed by atoms with van der Waals surface area (Å²) in [6.07, 6.45) is 2.17.